The Labute approximate surface area is 183 Å². The summed E-state index contributed by atoms with van der Waals surface area (Å²) in [4.78, 5) is 21.3. The van der Waals surface area contributed by atoms with Gasteiger partial charge in [0.1, 0.15) is 6.26 Å². The minimum atomic E-state index is -0.415. The van der Waals surface area contributed by atoms with Gasteiger partial charge in [-0.15, -0.1) is 0 Å². The number of hydrogen-bond acceptors (Lipinski definition) is 5. The molecule has 31 heavy (non-hydrogen) atoms. The van der Waals surface area contributed by atoms with E-state index in [1.165, 1.54) is 6.07 Å². The maximum Gasteiger partial charge on any atom is 0.318 e. The summed E-state index contributed by atoms with van der Waals surface area (Å²) in [5, 5.41) is 3.13. The molecule has 7 nitrogen and oxygen atoms in total. The van der Waals surface area contributed by atoms with Gasteiger partial charge in [0.25, 0.3) is 0 Å². The van der Waals surface area contributed by atoms with Crippen LogP contribution < -0.4 is 10.1 Å². The third kappa shape index (κ3) is 6.95. The van der Waals surface area contributed by atoms with Gasteiger partial charge in [-0.2, -0.15) is 0 Å². The number of urea groups is 1. The van der Waals surface area contributed by atoms with E-state index in [0.717, 1.165) is 38.8 Å². The Hall–Kier alpha value is -2.61. The molecule has 1 aliphatic heterocycles. The van der Waals surface area contributed by atoms with Crippen molar-refractivity contribution in [2.45, 2.75) is 58.7 Å². The zero-order valence-corrected chi connectivity index (χ0v) is 18.7. The van der Waals surface area contributed by atoms with Gasteiger partial charge in [0.05, 0.1) is 18.8 Å². The lowest BCUT2D eigenvalue weighted by Crippen LogP contribution is -2.48. The highest BCUT2D eigenvalue weighted by Gasteiger charge is 2.23. The fraction of sp³-hybridized carbons (Fsp3) is 0.565. The number of carbonyl (C=O) groups is 1. The molecule has 8 heteroatoms. The van der Waals surface area contributed by atoms with Crippen molar-refractivity contribution in [3.63, 3.8) is 0 Å². The molecule has 0 spiro atoms. The number of nitrogens with one attached hydrogen (secondary N) is 1. The van der Waals surface area contributed by atoms with E-state index in [2.05, 4.69) is 29.2 Å². The summed E-state index contributed by atoms with van der Waals surface area (Å²) in [7, 11) is 2.08. The van der Waals surface area contributed by atoms with Gasteiger partial charge < -0.3 is 24.3 Å². The number of oxazole rings is 1. The fourth-order valence-corrected chi connectivity index (χ4v) is 3.60. The highest BCUT2D eigenvalue weighted by Crippen LogP contribution is 2.21. The zero-order valence-electron chi connectivity index (χ0n) is 18.7. The molecule has 0 radical (unpaired) electrons. The molecule has 0 unspecified atom stereocenters. The molecule has 3 rings (SSSR count). The molecule has 1 aromatic carbocycles. The van der Waals surface area contributed by atoms with Gasteiger partial charge in [0, 0.05) is 19.5 Å². The smallest absolute Gasteiger partial charge is 0.318 e. The van der Waals surface area contributed by atoms with Crippen molar-refractivity contribution in [2.24, 2.45) is 0 Å². The van der Waals surface area contributed by atoms with Crippen LogP contribution in [0, 0.1) is 12.7 Å². The lowest BCUT2D eigenvalue weighted by molar-refractivity contribution is 0.175. The molecule has 1 saturated heterocycles. The second-order valence-electron chi connectivity index (χ2n) is 8.21. The molecule has 0 aliphatic carbocycles. The number of nitrogens with zero attached hydrogens (tertiary/aromatic N) is 3. The first kappa shape index (κ1) is 23.1. The average molecular weight is 433 g/mol. The number of rotatable bonds is 9. The highest BCUT2D eigenvalue weighted by atomic mass is 19.1. The summed E-state index contributed by atoms with van der Waals surface area (Å²) in [6, 6.07) is 4.82. The van der Waals surface area contributed by atoms with Crippen LogP contribution in [0.15, 0.2) is 28.9 Å². The molecule has 0 saturated carbocycles. The van der Waals surface area contributed by atoms with E-state index in [4.69, 9.17) is 9.15 Å². The first-order valence-electron chi connectivity index (χ1n) is 11.0. The van der Waals surface area contributed by atoms with Crippen LogP contribution in [-0.4, -0.2) is 53.6 Å². The van der Waals surface area contributed by atoms with Gasteiger partial charge in [-0.05, 0) is 57.1 Å². The van der Waals surface area contributed by atoms with E-state index in [9.17, 15) is 9.18 Å². The molecule has 1 N–H and O–H groups in total. The van der Waals surface area contributed by atoms with Crippen molar-refractivity contribution in [1.29, 1.82) is 0 Å². The minimum absolute atomic E-state index is 0.135. The standard InChI is InChI=1S/C23H33FN4O3/c1-4-5-12-30-22-7-6-18(13-21(22)24)14-28(15-20-16-31-17(2)25-20)23(29)26-19-8-10-27(3)11-9-19/h6-7,13,16,19H,4-5,8-12,14-15H2,1-3H3,(H,26,29). The molecular weight excluding hydrogens is 399 g/mol. The third-order valence-electron chi connectivity index (χ3n) is 5.48. The van der Waals surface area contributed by atoms with Crippen LogP contribution in [0.2, 0.25) is 0 Å². The Morgan fingerprint density at radius 1 is 1.35 bits per heavy atom. The Morgan fingerprint density at radius 3 is 2.77 bits per heavy atom. The number of piperidine rings is 1. The van der Waals surface area contributed by atoms with E-state index in [-0.39, 0.29) is 30.9 Å². The Bertz CT molecular complexity index is 849. The van der Waals surface area contributed by atoms with Gasteiger partial charge in [0.2, 0.25) is 0 Å². The predicted octanol–water partition coefficient (Wildman–Crippen LogP) is 4.11. The number of aryl methyl sites for hydroxylation is 1. The second kappa shape index (κ2) is 11.1. The fourth-order valence-electron chi connectivity index (χ4n) is 3.60. The molecule has 2 aromatic rings. The monoisotopic (exact) mass is 432 g/mol. The summed E-state index contributed by atoms with van der Waals surface area (Å²) >= 11 is 0. The molecule has 170 valence electrons. The molecule has 1 fully saturated rings. The summed E-state index contributed by atoms with van der Waals surface area (Å²) in [6.45, 7) is 6.77. The number of hydrogen-bond donors (Lipinski definition) is 1. The van der Waals surface area contributed by atoms with E-state index in [0.29, 0.717) is 23.8 Å². The maximum atomic E-state index is 14.5. The van der Waals surface area contributed by atoms with Gasteiger partial charge in [-0.1, -0.05) is 19.4 Å². The maximum absolute atomic E-state index is 14.5. The van der Waals surface area contributed by atoms with Crippen molar-refractivity contribution in [2.75, 3.05) is 26.7 Å². The molecule has 0 atom stereocenters. The molecule has 1 aromatic heterocycles. The number of halogens is 1. The summed E-state index contributed by atoms with van der Waals surface area (Å²) in [5.74, 6) is 0.374. The first-order valence-corrected chi connectivity index (χ1v) is 11.0. The number of benzene rings is 1. The van der Waals surface area contributed by atoms with Crippen molar-refractivity contribution >= 4 is 6.03 Å². The Balaban J connectivity index is 1.68. The lowest BCUT2D eigenvalue weighted by Gasteiger charge is -2.31. The lowest BCUT2D eigenvalue weighted by atomic mass is 10.1. The van der Waals surface area contributed by atoms with E-state index in [1.807, 2.05) is 0 Å². The number of unbranched alkanes of at least 4 members (excludes halogenated alkanes) is 1. The van der Waals surface area contributed by atoms with E-state index >= 15 is 0 Å². The van der Waals surface area contributed by atoms with Crippen molar-refractivity contribution in [1.82, 2.24) is 20.1 Å². The molecular formula is C23H33FN4O3. The number of likely N-dealkylation sites (tertiary alicyclic amines) is 1. The second-order valence-corrected chi connectivity index (χ2v) is 8.21. The highest BCUT2D eigenvalue weighted by molar-refractivity contribution is 5.74. The summed E-state index contributed by atoms with van der Waals surface area (Å²) < 4.78 is 25.3. The van der Waals surface area contributed by atoms with Crippen LogP contribution in [0.3, 0.4) is 0 Å². The third-order valence-corrected chi connectivity index (χ3v) is 5.48. The van der Waals surface area contributed by atoms with Gasteiger partial charge in [-0.3, -0.25) is 0 Å². The largest absolute Gasteiger partial charge is 0.491 e. The predicted molar refractivity (Wildman–Crippen MR) is 116 cm³/mol. The summed E-state index contributed by atoms with van der Waals surface area (Å²) in [6.07, 6.45) is 5.25. The Morgan fingerprint density at radius 2 is 2.13 bits per heavy atom. The topological polar surface area (TPSA) is 70.8 Å². The van der Waals surface area contributed by atoms with Crippen molar-refractivity contribution < 1.29 is 18.3 Å². The summed E-state index contributed by atoms with van der Waals surface area (Å²) in [5.41, 5.74) is 1.36. The van der Waals surface area contributed by atoms with Crippen LogP contribution >= 0.6 is 0 Å². The van der Waals surface area contributed by atoms with Crippen LogP contribution in [0.5, 0.6) is 5.75 Å². The van der Waals surface area contributed by atoms with Crippen LogP contribution in [0.1, 0.15) is 49.8 Å². The number of carbonyl (C=O) groups excluding carboxylic acids is 1. The number of ether oxygens (including phenoxy) is 1. The zero-order chi connectivity index (χ0) is 22.2. The molecule has 0 bridgehead atoms. The minimum Gasteiger partial charge on any atom is -0.491 e. The van der Waals surface area contributed by atoms with Crippen molar-refractivity contribution in [3.05, 3.63) is 47.4 Å². The normalized spacial score (nSPS) is 15.1. The van der Waals surface area contributed by atoms with E-state index < -0.39 is 5.82 Å². The van der Waals surface area contributed by atoms with E-state index in [1.54, 1.807) is 30.2 Å². The van der Waals surface area contributed by atoms with Gasteiger partial charge in [0.15, 0.2) is 17.5 Å². The Kier molecular flexibility index (Phi) is 8.28. The number of aromatic nitrogens is 1. The average Bonchev–Trinajstić information content (AvgIpc) is 3.15. The van der Waals surface area contributed by atoms with Crippen LogP contribution in [0.25, 0.3) is 0 Å². The molecule has 2 heterocycles. The molecule has 2 amide bonds. The van der Waals surface area contributed by atoms with Gasteiger partial charge >= 0.3 is 6.03 Å². The first-order chi connectivity index (χ1) is 14.9. The molecule has 1 aliphatic rings. The van der Waals surface area contributed by atoms with Crippen LogP contribution in [0.4, 0.5) is 9.18 Å². The quantitative estimate of drug-likeness (QED) is 0.604. The SMILES string of the molecule is CCCCOc1ccc(CN(Cc2coc(C)n2)C(=O)NC2CCN(C)CC2)cc1F. The van der Waals surface area contributed by atoms with Crippen molar-refractivity contribution in [3.8, 4) is 5.75 Å². The number of amides is 2. The van der Waals surface area contributed by atoms with Crippen LogP contribution in [-0.2, 0) is 13.1 Å². The van der Waals surface area contributed by atoms with Gasteiger partial charge in [-0.25, -0.2) is 14.2 Å².